The fraction of sp³-hybridized carbons (Fsp3) is 0.385. The zero-order valence-electron chi connectivity index (χ0n) is 10.1. The molecular weight excluding hydrogens is 232 g/mol. The molecule has 1 heterocycles. The quantitative estimate of drug-likeness (QED) is 0.743. The van der Waals surface area contributed by atoms with Crippen molar-refractivity contribution in [3.05, 3.63) is 29.8 Å². The van der Waals surface area contributed by atoms with Crippen LogP contribution in [0.4, 0.5) is 5.69 Å². The van der Waals surface area contributed by atoms with Gasteiger partial charge in [-0.05, 0) is 18.1 Å². The lowest BCUT2D eigenvalue weighted by Crippen LogP contribution is -2.47. The van der Waals surface area contributed by atoms with Gasteiger partial charge in [-0.15, -0.1) is 0 Å². The number of hydrogen-bond donors (Lipinski definition) is 3. The van der Waals surface area contributed by atoms with E-state index in [2.05, 4.69) is 10.6 Å². The van der Waals surface area contributed by atoms with Crippen molar-refractivity contribution in [1.82, 2.24) is 5.32 Å². The van der Waals surface area contributed by atoms with E-state index in [4.69, 9.17) is 5.11 Å². The zero-order valence-corrected chi connectivity index (χ0v) is 10.1. The van der Waals surface area contributed by atoms with Crippen LogP contribution in [-0.2, 0) is 16.0 Å². The Hall–Kier alpha value is -2.04. The SMILES string of the molecule is CC[C@H](NC(=O)[C@@H]1Cc2ccccc2N1)C(=O)O. The summed E-state index contributed by atoms with van der Waals surface area (Å²) in [7, 11) is 0. The fourth-order valence-corrected chi connectivity index (χ4v) is 2.07. The van der Waals surface area contributed by atoms with Gasteiger partial charge in [-0.2, -0.15) is 0 Å². The molecular formula is C13H16N2O3. The molecule has 1 aromatic carbocycles. The number of carbonyl (C=O) groups is 2. The summed E-state index contributed by atoms with van der Waals surface area (Å²) in [6.45, 7) is 1.73. The normalized spacial score (nSPS) is 18.6. The number of carbonyl (C=O) groups excluding carboxylic acids is 1. The van der Waals surface area contributed by atoms with E-state index in [-0.39, 0.29) is 11.9 Å². The summed E-state index contributed by atoms with van der Waals surface area (Å²) in [5, 5.41) is 14.5. The molecule has 0 saturated heterocycles. The summed E-state index contributed by atoms with van der Waals surface area (Å²) < 4.78 is 0. The predicted molar refractivity (Wildman–Crippen MR) is 67.4 cm³/mol. The highest BCUT2D eigenvalue weighted by Crippen LogP contribution is 2.25. The van der Waals surface area contributed by atoms with Gasteiger partial charge < -0.3 is 15.7 Å². The minimum absolute atomic E-state index is 0.263. The topological polar surface area (TPSA) is 78.4 Å². The van der Waals surface area contributed by atoms with Crippen LogP contribution in [0.1, 0.15) is 18.9 Å². The Morgan fingerprint density at radius 3 is 2.83 bits per heavy atom. The van der Waals surface area contributed by atoms with Gasteiger partial charge >= 0.3 is 5.97 Å². The summed E-state index contributed by atoms with van der Waals surface area (Å²) in [6, 6.07) is 6.51. The number of fused-ring (bicyclic) bond motifs is 1. The molecule has 0 bridgehead atoms. The molecule has 0 unspecified atom stereocenters. The molecule has 96 valence electrons. The van der Waals surface area contributed by atoms with Crippen molar-refractivity contribution >= 4 is 17.6 Å². The Morgan fingerprint density at radius 1 is 1.50 bits per heavy atom. The molecule has 1 aromatic rings. The Labute approximate surface area is 105 Å². The first-order valence-electron chi connectivity index (χ1n) is 5.99. The summed E-state index contributed by atoms with van der Waals surface area (Å²) >= 11 is 0. The molecule has 5 nitrogen and oxygen atoms in total. The number of carboxylic acid groups (broad SMARTS) is 1. The second-order valence-corrected chi connectivity index (χ2v) is 4.37. The number of nitrogens with one attached hydrogen (secondary N) is 2. The minimum atomic E-state index is -0.999. The fourth-order valence-electron chi connectivity index (χ4n) is 2.07. The van der Waals surface area contributed by atoms with Gasteiger partial charge in [0.05, 0.1) is 0 Å². The van der Waals surface area contributed by atoms with E-state index in [0.29, 0.717) is 12.8 Å². The maximum atomic E-state index is 12.0. The van der Waals surface area contributed by atoms with E-state index >= 15 is 0 Å². The molecule has 1 aliphatic rings. The molecule has 0 aromatic heterocycles. The number of para-hydroxylation sites is 1. The molecule has 0 radical (unpaired) electrons. The molecule has 2 rings (SSSR count). The maximum absolute atomic E-state index is 12.0. The summed E-state index contributed by atoms with van der Waals surface area (Å²) in [4.78, 5) is 22.8. The molecule has 3 N–H and O–H groups in total. The molecule has 0 fully saturated rings. The van der Waals surface area contributed by atoms with Gasteiger partial charge in [0.25, 0.3) is 0 Å². The van der Waals surface area contributed by atoms with Gasteiger partial charge in [-0.25, -0.2) is 4.79 Å². The monoisotopic (exact) mass is 248 g/mol. The first kappa shape index (κ1) is 12.4. The first-order valence-corrected chi connectivity index (χ1v) is 5.99. The van der Waals surface area contributed by atoms with Crippen molar-refractivity contribution in [2.24, 2.45) is 0 Å². The lowest BCUT2D eigenvalue weighted by atomic mass is 10.1. The number of anilines is 1. The number of benzene rings is 1. The average Bonchev–Trinajstić information content (AvgIpc) is 2.79. The van der Waals surface area contributed by atoms with Crippen LogP contribution in [0.15, 0.2) is 24.3 Å². The predicted octanol–water partition coefficient (Wildman–Crippen LogP) is 1.00. The first-order chi connectivity index (χ1) is 8.61. The summed E-state index contributed by atoms with van der Waals surface area (Å²) in [6.07, 6.45) is 0.971. The highest BCUT2D eigenvalue weighted by atomic mass is 16.4. The molecule has 0 saturated carbocycles. The van der Waals surface area contributed by atoms with Crippen molar-refractivity contribution in [3.63, 3.8) is 0 Å². The highest BCUT2D eigenvalue weighted by Gasteiger charge is 2.28. The Balaban J connectivity index is 1.99. The van der Waals surface area contributed by atoms with Crippen molar-refractivity contribution in [2.75, 3.05) is 5.32 Å². The highest BCUT2D eigenvalue weighted by molar-refractivity contribution is 5.90. The number of hydrogen-bond acceptors (Lipinski definition) is 3. The van der Waals surface area contributed by atoms with Crippen LogP contribution in [0.25, 0.3) is 0 Å². The Kier molecular flexibility index (Phi) is 3.50. The van der Waals surface area contributed by atoms with E-state index in [1.165, 1.54) is 0 Å². The van der Waals surface area contributed by atoms with Gasteiger partial charge in [0.15, 0.2) is 0 Å². The summed E-state index contributed by atoms with van der Waals surface area (Å²) in [5.41, 5.74) is 2.03. The smallest absolute Gasteiger partial charge is 0.326 e. The van der Waals surface area contributed by atoms with Crippen molar-refractivity contribution in [1.29, 1.82) is 0 Å². The van der Waals surface area contributed by atoms with Crippen molar-refractivity contribution in [3.8, 4) is 0 Å². The second kappa shape index (κ2) is 5.08. The van der Waals surface area contributed by atoms with Crippen LogP contribution in [0.3, 0.4) is 0 Å². The maximum Gasteiger partial charge on any atom is 0.326 e. The van der Waals surface area contributed by atoms with E-state index in [1.807, 2.05) is 24.3 Å². The van der Waals surface area contributed by atoms with Gasteiger partial charge in [0.1, 0.15) is 12.1 Å². The third-order valence-electron chi connectivity index (χ3n) is 3.11. The zero-order chi connectivity index (χ0) is 13.1. The van der Waals surface area contributed by atoms with Gasteiger partial charge in [-0.3, -0.25) is 4.79 Å². The number of rotatable bonds is 4. The van der Waals surface area contributed by atoms with Gasteiger partial charge in [0, 0.05) is 12.1 Å². The molecule has 0 spiro atoms. The Morgan fingerprint density at radius 2 is 2.22 bits per heavy atom. The van der Waals surface area contributed by atoms with Gasteiger partial charge in [0.2, 0.25) is 5.91 Å². The average molecular weight is 248 g/mol. The van der Waals surface area contributed by atoms with Crippen LogP contribution in [-0.4, -0.2) is 29.1 Å². The van der Waals surface area contributed by atoms with E-state index in [0.717, 1.165) is 11.3 Å². The molecule has 5 heteroatoms. The molecule has 0 aliphatic carbocycles. The summed E-state index contributed by atoms with van der Waals surface area (Å²) in [5.74, 6) is -1.26. The van der Waals surface area contributed by atoms with E-state index in [1.54, 1.807) is 6.92 Å². The van der Waals surface area contributed by atoms with Crippen LogP contribution in [0, 0.1) is 0 Å². The third-order valence-corrected chi connectivity index (χ3v) is 3.11. The van der Waals surface area contributed by atoms with Gasteiger partial charge in [-0.1, -0.05) is 25.1 Å². The van der Waals surface area contributed by atoms with Crippen LogP contribution < -0.4 is 10.6 Å². The number of amides is 1. The van der Waals surface area contributed by atoms with Crippen molar-refractivity contribution < 1.29 is 14.7 Å². The number of aliphatic carboxylic acids is 1. The van der Waals surface area contributed by atoms with Crippen LogP contribution in [0.5, 0.6) is 0 Å². The number of carboxylic acids is 1. The molecule has 1 aliphatic heterocycles. The van der Waals surface area contributed by atoms with Crippen LogP contribution in [0.2, 0.25) is 0 Å². The standard InChI is InChI=1S/C13H16N2O3/c1-2-9(13(17)18)15-12(16)11-7-8-5-3-4-6-10(8)14-11/h3-6,9,11,14H,2,7H2,1H3,(H,15,16)(H,17,18)/t9-,11-/m0/s1. The van der Waals surface area contributed by atoms with Crippen molar-refractivity contribution in [2.45, 2.75) is 31.8 Å². The van der Waals surface area contributed by atoms with E-state index < -0.39 is 12.0 Å². The largest absolute Gasteiger partial charge is 0.480 e. The van der Waals surface area contributed by atoms with Crippen LogP contribution >= 0.6 is 0 Å². The molecule has 18 heavy (non-hydrogen) atoms. The minimum Gasteiger partial charge on any atom is -0.480 e. The lowest BCUT2D eigenvalue weighted by molar-refractivity contribution is -0.142. The van der Waals surface area contributed by atoms with E-state index in [9.17, 15) is 9.59 Å². The molecule has 2 atom stereocenters. The molecule has 1 amide bonds. The third kappa shape index (κ3) is 2.45. The second-order valence-electron chi connectivity index (χ2n) is 4.37. The Bertz CT molecular complexity index is 448. The lowest BCUT2D eigenvalue weighted by Gasteiger charge is -2.16.